The number of anilines is 2. The molecule has 6 nitrogen and oxygen atoms in total. The Morgan fingerprint density at radius 3 is 2.76 bits per heavy atom. The minimum absolute atomic E-state index is 0.00409. The first-order chi connectivity index (χ1) is 8.10. The number of nitriles is 1. The van der Waals surface area contributed by atoms with E-state index >= 15 is 0 Å². The van der Waals surface area contributed by atoms with Gasteiger partial charge in [-0.05, 0) is 25.4 Å². The summed E-state index contributed by atoms with van der Waals surface area (Å²) in [7, 11) is 0. The normalized spacial score (nSPS) is 10.0. The number of nitrogens with one attached hydrogen (secondary N) is 1. The van der Waals surface area contributed by atoms with Gasteiger partial charge in [-0.25, -0.2) is 9.97 Å². The van der Waals surface area contributed by atoms with Gasteiger partial charge in [0.1, 0.15) is 23.3 Å². The largest absolute Gasteiger partial charge is 0.359 e. The van der Waals surface area contributed by atoms with E-state index in [1.807, 2.05) is 13.0 Å². The van der Waals surface area contributed by atoms with Gasteiger partial charge < -0.3 is 9.84 Å². The standard InChI is InChI=1S/C10H8ClN5O/c1-5-6(2)17-16-9(5)14-8-3-7(4-12)13-10(11)15-8/h3H,1-2H3,(H,13,14,15,16). The number of hydrogen-bond acceptors (Lipinski definition) is 6. The van der Waals surface area contributed by atoms with Crippen molar-refractivity contribution in [3.8, 4) is 6.07 Å². The molecule has 0 unspecified atom stereocenters. The highest BCUT2D eigenvalue weighted by Gasteiger charge is 2.10. The van der Waals surface area contributed by atoms with Crippen molar-refractivity contribution >= 4 is 23.2 Å². The van der Waals surface area contributed by atoms with E-state index in [1.165, 1.54) is 6.07 Å². The molecule has 2 aromatic heterocycles. The van der Waals surface area contributed by atoms with Crippen LogP contribution in [0.15, 0.2) is 10.6 Å². The van der Waals surface area contributed by atoms with E-state index in [9.17, 15) is 0 Å². The number of aryl methyl sites for hydroxylation is 1. The molecule has 0 amide bonds. The second-order valence-electron chi connectivity index (χ2n) is 3.36. The lowest BCUT2D eigenvalue weighted by Crippen LogP contribution is -1.98. The fourth-order valence-electron chi connectivity index (χ4n) is 1.19. The molecule has 0 bridgehead atoms. The van der Waals surface area contributed by atoms with Crippen LogP contribution in [0.3, 0.4) is 0 Å². The van der Waals surface area contributed by atoms with Crippen molar-refractivity contribution in [1.29, 1.82) is 5.26 Å². The van der Waals surface area contributed by atoms with E-state index in [0.717, 1.165) is 5.56 Å². The van der Waals surface area contributed by atoms with E-state index in [0.29, 0.717) is 17.4 Å². The summed E-state index contributed by atoms with van der Waals surface area (Å²) in [5, 5.41) is 15.5. The Kier molecular flexibility index (Phi) is 2.93. The molecule has 0 saturated carbocycles. The predicted molar refractivity (Wildman–Crippen MR) is 61.0 cm³/mol. The van der Waals surface area contributed by atoms with Crippen LogP contribution < -0.4 is 5.32 Å². The minimum Gasteiger partial charge on any atom is -0.359 e. The molecule has 2 rings (SSSR count). The SMILES string of the molecule is Cc1onc(Nc2cc(C#N)nc(Cl)n2)c1C. The molecule has 0 spiro atoms. The third-order valence-electron chi connectivity index (χ3n) is 2.22. The molecule has 0 aliphatic carbocycles. The Labute approximate surface area is 102 Å². The maximum Gasteiger partial charge on any atom is 0.225 e. The van der Waals surface area contributed by atoms with Gasteiger partial charge in [-0.3, -0.25) is 0 Å². The third-order valence-corrected chi connectivity index (χ3v) is 2.39. The van der Waals surface area contributed by atoms with Gasteiger partial charge in [0, 0.05) is 11.6 Å². The number of halogens is 1. The lowest BCUT2D eigenvalue weighted by molar-refractivity contribution is 0.399. The van der Waals surface area contributed by atoms with Crippen LogP contribution in [0.5, 0.6) is 0 Å². The van der Waals surface area contributed by atoms with E-state index < -0.39 is 0 Å². The maximum absolute atomic E-state index is 8.75. The summed E-state index contributed by atoms with van der Waals surface area (Å²) in [4.78, 5) is 7.67. The van der Waals surface area contributed by atoms with Crippen molar-refractivity contribution in [3.63, 3.8) is 0 Å². The molecule has 17 heavy (non-hydrogen) atoms. The summed E-state index contributed by atoms with van der Waals surface area (Å²) in [5.74, 6) is 1.66. The maximum atomic E-state index is 8.75. The fourth-order valence-corrected chi connectivity index (χ4v) is 1.38. The molecule has 7 heteroatoms. The van der Waals surface area contributed by atoms with Gasteiger partial charge in [0.05, 0.1) is 0 Å². The molecule has 0 aliphatic heterocycles. The molecule has 0 radical (unpaired) electrons. The Balaban J connectivity index is 2.33. The van der Waals surface area contributed by atoms with Crippen LogP contribution in [-0.2, 0) is 0 Å². The van der Waals surface area contributed by atoms with Gasteiger partial charge >= 0.3 is 0 Å². The van der Waals surface area contributed by atoms with Crippen molar-refractivity contribution in [3.05, 3.63) is 28.4 Å². The average Bonchev–Trinajstić information content (AvgIpc) is 2.60. The molecule has 1 N–H and O–H groups in total. The van der Waals surface area contributed by atoms with Crippen LogP contribution in [0.4, 0.5) is 11.6 Å². The Hall–Kier alpha value is -2.13. The Bertz CT molecular complexity index is 601. The predicted octanol–water partition coefficient (Wildman–Crippen LogP) is 2.35. The van der Waals surface area contributed by atoms with Crippen molar-refractivity contribution in [2.45, 2.75) is 13.8 Å². The minimum atomic E-state index is 0.00409. The van der Waals surface area contributed by atoms with Crippen molar-refractivity contribution in [1.82, 2.24) is 15.1 Å². The summed E-state index contributed by atoms with van der Waals surface area (Å²) < 4.78 is 5.00. The molecular formula is C10H8ClN5O. The van der Waals surface area contributed by atoms with Crippen LogP contribution >= 0.6 is 11.6 Å². The molecule has 2 aromatic rings. The highest BCUT2D eigenvalue weighted by atomic mass is 35.5. The summed E-state index contributed by atoms with van der Waals surface area (Å²) in [6.45, 7) is 3.67. The first kappa shape index (κ1) is 11.4. The summed E-state index contributed by atoms with van der Waals surface area (Å²) in [6.07, 6.45) is 0. The number of aromatic nitrogens is 3. The highest BCUT2D eigenvalue weighted by molar-refractivity contribution is 6.28. The van der Waals surface area contributed by atoms with Crippen LogP contribution in [-0.4, -0.2) is 15.1 Å². The summed E-state index contributed by atoms with van der Waals surface area (Å²) in [5.41, 5.74) is 1.06. The van der Waals surface area contributed by atoms with Gasteiger partial charge in [0.15, 0.2) is 5.82 Å². The fraction of sp³-hybridized carbons (Fsp3) is 0.200. The third kappa shape index (κ3) is 2.34. The zero-order chi connectivity index (χ0) is 12.4. The van der Waals surface area contributed by atoms with Gasteiger partial charge in [-0.15, -0.1) is 0 Å². The zero-order valence-electron chi connectivity index (χ0n) is 9.15. The molecule has 0 aliphatic rings. The van der Waals surface area contributed by atoms with Crippen LogP contribution in [0.2, 0.25) is 5.28 Å². The molecule has 0 atom stereocenters. The number of nitrogens with zero attached hydrogens (tertiary/aromatic N) is 4. The van der Waals surface area contributed by atoms with Gasteiger partial charge in [0.2, 0.25) is 5.28 Å². The topological polar surface area (TPSA) is 87.6 Å². The molecule has 0 saturated heterocycles. The molecule has 86 valence electrons. The Morgan fingerprint density at radius 1 is 1.41 bits per heavy atom. The van der Waals surface area contributed by atoms with Crippen LogP contribution in [0.1, 0.15) is 17.0 Å². The van der Waals surface area contributed by atoms with Gasteiger partial charge in [-0.1, -0.05) is 5.16 Å². The van der Waals surface area contributed by atoms with Gasteiger partial charge in [0.25, 0.3) is 0 Å². The molecule has 0 fully saturated rings. The first-order valence-electron chi connectivity index (χ1n) is 4.74. The van der Waals surface area contributed by atoms with Crippen molar-refractivity contribution in [2.24, 2.45) is 0 Å². The molecular weight excluding hydrogens is 242 g/mol. The lowest BCUT2D eigenvalue weighted by atomic mass is 10.3. The van der Waals surface area contributed by atoms with E-state index in [-0.39, 0.29) is 11.0 Å². The molecule has 2 heterocycles. The summed E-state index contributed by atoms with van der Waals surface area (Å²) in [6, 6.07) is 3.38. The van der Waals surface area contributed by atoms with Crippen molar-refractivity contribution < 1.29 is 4.52 Å². The van der Waals surface area contributed by atoms with E-state index in [4.69, 9.17) is 21.4 Å². The Morgan fingerprint density at radius 2 is 2.18 bits per heavy atom. The highest BCUT2D eigenvalue weighted by Crippen LogP contribution is 2.21. The monoisotopic (exact) mass is 249 g/mol. The van der Waals surface area contributed by atoms with Crippen LogP contribution in [0, 0.1) is 25.2 Å². The zero-order valence-corrected chi connectivity index (χ0v) is 9.91. The average molecular weight is 250 g/mol. The second kappa shape index (κ2) is 4.39. The second-order valence-corrected chi connectivity index (χ2v) is 3.69. The van der Waals surface area contributed by atoms with Crippen LogP contribution in [0.25, 0.3) is 0 Å². The summed E-state index contributed by atoms with van der Waals surface area (Å²) >= 11 is 5.68. The smallest absolute Gasteiger partial charge is 0.225 e. The first-order valence-corrected chi connectivity index (χ1v) is 5.12. The quantitative estimate of drug-likeness (QED) is 0.822. The van der Waals surface area contributed by atoms with Gasteiger partial charge in [-0.2, -0.15) is 5.26 Å². The van der Waals surface area contributed by atoms with E-state index in [2.05, 4.69) is 20.4 Å². The number of hydrogen-bond donors (Lipinski definition) is 1. The molecule has 0 aromatic carbocycles. The number of rotatable bonds is 2. The van der Waals surface area contributed by atoms with Crippen molar-refractivity contribution in [2.75, 3.05) is 5.32 Å². The lowest BCUT2D eigenvalue weighted by Gasteiger charge is -2.02. The van der Waals surface area contributed by atoms with E-state index in [1.54, 1.807) is 6.92 Å².